The Labute approximate surface area is 398 Å². The summed E-state index contributed by atoms with van der Waals surface area (Å²) in [6.45, 7) is 18.9. The second kappa shape index (κ2) is 24.4. The van der Waals surface area contributed by atoms with Gasteiger partial charge in [0.1, 0.15) is 29.8 Å². The summed E-state index contributed by atoms with van der Waals surface area (Å²) in [6.07, 6.45) is 1.14. The molecule has 0 unspecified atom stereocenters. The number of likely N-dealkylation sites (N-methyl/N-ethyl adjacent to an activating group) is 2. The number of ether oxygens (including phenoxy) is 1. The highest BCUT2D eigenvalue weighted by molar-refractivity contribution is 6.12. The van der Waals surface area contributed by atoms with Crippen molar-refractivity contribution in [3.05, 3.63) is 59.7 Å². The van der Waals surface area contributed by atoms with Crippen molar-refractivity contribution in [1.29, 1.82) is 0 Å². The summed E-state index contributed by atoms with van der Waals surface area (Å²) in [6, 6.07) is 2.86. The molecule has 68 heavy (non-hydrogen) atoms. The van der Waals surface area contributed by atoms with Gasteiger partial charge < -0.3 is 41.1 Å². The number of nitrogens with one attached hydrogen (secondary N) is 4. The van der Waals surface area contributed by atoms with Crippen LogP contribution in [0.15, 0.2) is 54.1 Å². The number of nitrogens with zero attached hydrogens (tertiary/aromatic N) is 3. The predicted octanol–water partition coefficient (Wildman–Crippen LogP) is 2.90. The number of rotatable bonds is 23. The topological polar surface area (TPSA) is 278 Å². The van der Waals surface area contributed by atoms with Gasteiger partial charge in [-0.3, -0.25) is 48.2 Å². The van der Waals surface area contributed by atoms with E-state index in [2.05, 4.69) is 21.3 Å². The van der Waals surface area contributed by atoms with Crippen LogP contribution in [0.25, 0.3) is 0 Å². The van der Waals surface area contributed by atoms with E-state index < -0.39 is 119 Å². The normalized spacial score (nSPS) is 15.4. The van der Waals surface area contributed by atoms with Crippen LogP contribution in [0.4, 0.5) is 4.79 Å². The predicted molar refractivity (Wildman–Crippen MR) is 250 cm³/mol. The van der Waals surface area contributed by atoms with Crippen LogP contribution in [0.3, 0.4) is 0 Å². The number of aliphatic carboxylic acids is 2. The molecular weight excluding hydrogens is 883 g/mol. The maximum absolute atomic E-state index is 14.7. The molecule has 0 saturated carbocycles. The Hall–Kier alpha value is -6.60. The summed E-state index contributed by atoms with van der Waals surface area (Å²) in [5.74, 6) is -7.85. The van der Waals surface area contributed by atoms with Crippen LogP contribution in [0, 0.1) is 11.3 Å². The first kappa shape index (κ1) is 57.5. The van der Waals surface area contributed by atoms with E-state index in [1.807, 2.05) is 44.2 Å². The van der Waals surface area contributed by atoms with Gasteiger partial charge in [0.05, 0.1) is 6.04 Å². The number of amides is 8. The maximum atomic E-state index is 14.7. The van der Waals surface area contributed by atoms with Crippen molar-refractivity contribution < 1.29 is 62.9 Å². The van der Waals surface area contributed by atoms with Crippen LogP contribution < -0.4 is 21.3 Å². The summed E-state index contributed by atoms with van der Waals surface area (Å²) in [5, 5.41) is 29.1. The van der Waals surface area contributed by atoms with E-state index in [4.69, 9.17) is 9.84 Å². The number of benzene rings is 1. The van der Waals surface area contributed by atoms with Crippen LogP contribution in [0.1, 0.15) is 107 Å². The molecule has 1 aliphatic heterocycles. The molecule has 1 aliphatic rings. The lowest BCUT2D eigenvalue weighted by molar-refractivity contribution is -0.143. The summed E-state index contributed by atoms with van der Waals surface area (Å²) in [7, 11) is 2.98. The standard InChI is InChI=1S/C48H71N7O13/c1-28(2)33(53(12)43(64)38(46(4,5)6)52-42(63)39(54(13)45(67)68-47(7,8)9)48(10,11)30-17-15-14-16-18-30)27-29(3)40(61)50-31(41(62)51-32(44(65)66)20-24-37(59)60)19-21-34(56)49-25-26-55-35(57)22-23-36(55)58/h14-18,22-23,27-28,31-33,38-39H,19-21,24-26H2,1-13H3,(H,49,56)(H,50,61)(H,51,62)(H,52,63)(H,59,60)(H,65,66)/b29-27+/t31-,32-,33-,38-,39-/m1/s1. The molecule has 0 saturated heterocycles. The molecule has 2 rings (SSSR count). The average Bonchev–Trinajstić information content (AvgIpc) is 3.55. The molecule has 20 nitrogen and oxygen atoms in total. The zero-order valence-corrected chi connectivity index (χ0v) is 41.6. The van der Waals surface area contributed by atoms with Gasteiger partial charge in [-0.15, -0.1) is 0 Å². The third kappa shape index (κ3) is 16.9. The summed E-state index contributed by atoms with van der Waals surface area (Å²) in [4.78, 5) is 133. The quantitative estimate of drug-likeness (QED) is 0.0681. The monoisotopic (exact) mass is 954 g/mol. The summed E-state index contributed by atoms with van der Waals surface area (Å²) >= 11 is 0. The SMILES string of the molecule is C/C(=C\[C@H](C(C)C)N(C)C(=O)[C@@H](NC(=O)[C@@H](N(C)C(=O)OC(C)(C)C)C(C)(C)c1ccccc1)C(C)(C)C)C(=O)N[C@H](CCC(=O)NCCN1C(=O)C=CC1=O)C(=O)N[C@H](CCC(=O)O)C(=O)O. The minimum Gasteiger partial charge on any atom is -0.481 e. The average molecular weight is 954 g/mol. The Morgan fingerprint density at radius 2 is 1.32 bits per heavy atom. The molecule has 0 aromatic heterocycles. The highest BCUT2D eigenvalue weighted by Crippen LogP contribution is 2.32. The fraction of sp³-hybridized carbons (Fsp3) is 0.583. The Morgan fingerprint density at radius 3 is 1.82 bits per heavy atom. The maximum Gasteiger partial charge on any atom is 0.410 e. The highest BCUT2D eigenvalue weighted by atomic mass is 16.6. The van der Waals surface area contributed by atoms with Gasteiger partial charge in [0.15, 0.2) is 0 Å². The first-order chi connectivity index (χ1) is 31.3. The van der Waals surface area contributed by atoms with E-state index >= 15 is 0 Å². The Balaban J connectivity index is 2.45. The lowest BCUT2D eigenvalue weighted by atomic mass is 9.76. The van der Waals surface area contributed by atoms with Gasteiger partial charge in [-0.2, -0.15) is 0 Å². The van der Waals surface area contributed by atoms with E-state index in [1.54, 1.807) is 55.4 Å². The molecule has 0 fully saturated rings. The van der Waals surface area contributed by atoms with Crippen LogP contribution in [-0.4, -0.2) is 147 Å². The van der Waals surface area contributed by atoms with Crippen molar-refractivity contribution in [3.63, 3.8) is 0 Å². The summed E-state index contributed by atoms with van der Waals surface area (Å²) in [5.41, 5.74) is -1.99. The Kier molecular flexibility index (Phi) is 20.7. The van der Waals surface area contributed by atoms with Crippen molar-refractivity contribution in [3.8, 4) is 0 Å². The second-order valence-electron chi connectivity index (χ2n) is 19.8. The first-order valence-corrected chi connectivity index (χ1v) is 22.4. The third-order valence-electron chi connectivity index (χ3n) is 11.3. The van der Waals surface area contributed by atoms with Crippen LogP contribution >= 0.6 is 0 Å². The largest absolute Gasteiger partial charge is 0.481 e. The van der Waals surface area contributed by atoms with E-state index in [-0.39, 0.29) is 37.4 Å². The van der Waals surface area contributed by atoms with E-state index in [0.717, 1.165) is 22.6 Å². The molecular formula is C48H71N7O13. The summed E-state index contributed by atoms with van der Waals surface area (Å²) < 4.78 is 5.66. The van der Waals surface area contributed by atoms with E-state index in [0.29, 0.717) is 0 Å². The van der Waals surface area contributed by atoms with E-state index in [1.165, 1.54) is 36.9 Å². The smallest absolute Gasteiger partial charge is 0.410 e. The Bertz CT molecular complexity index is 2090. The van der Waals surface area contributed by atoms with Gasteiger partial charge in [-0.05, 0) is 57.4 Å². The molecule has 0 radical (unpaired) electrons. The molecule has 0 aliphatic carbocycles. The molecule has 6 N–H and O–H groups in total. The minimum atomic E-state index is -1.65. The fourth-order valence-electron chi connectivity index (χ4n) is 7.42. The molecule has 0 bridgehead atoms. The second-order valence-corrected chi connectivity index (χ2v) is 19.8. The van der Waals surface area contributed by atoms with Crippen molar-refractivity contribution in [2.24, 2.45) is 11.3 Å². The lowest BCUT2D eigenvalue weighted by Crippen LogP contribution is -2.63. The van der Waals surface area contributed by atoms with Crippen LogP contribution in [0.5, 0.6) is 0 Å². The lowest BCUT2D eigenvalue weighted by Gasteiger charge is -2.42. The molecule has 20 heteroatoms. The number of carboxylic acid groups (broad SMARTS) is 2. The van der Waals surface area contributed by atoms with Crippen molar-refractivity contribution in [2.75, 3.05) is 27.2 Å². The zero-order chi connectivity index (χ0) is 52.1. The molecule has 0 spiro atoms. The zero-order valence-electron chi connectivity index (χ0n) is 41.6. The first-order valence-electron chi connectivity index (χ1n) is 22.4. The number of carboxylic acids is 2. The highest BCUT2D eigenvalue weighted by Gasteiger charge is 2.46. The molecule has 8 amide bonds. The van der Waals surface area contributed by atoms with E-state index in [9.17, 15) is 53.1 Å². The number of carbonyl (C=O) groups is 10. The van der Waals surface area contributed by atoms with Gasteiger partial charge in [-0.25, -0.2) is 9.59 Å². The fourth-order valence-corrected chi connectivity index (χ4v) is 7.42. The molecule has 1 aromatic rings. The number of imide groups is 1. The molecule has 1 heterocycles. The Morgan fingerprint density at radius 1 is 0.765 bits per heavy atom. The molecule has 1 aromatic carbocycles. The molecule has 376 valence electrons. The molecule has 5 atom stereocenters. The van der Waals surface area contributed by atoms with Crippen molar-refractivity contribution in [1.82, 2.24) is 36.0 Å². The third-order valence-corrected chi connectivity index (χ3v) is 11.3. The van der Waals surface area contributed by atoms with Crippen molar-refractivity contribution >= 4 is 59.4 Å². The van der Waals surface area contributed by atoms with Gasteiger partial charge in [0, 0.05) is 63.2 Å². The van der Waals surface area contributed by atoms with Crippen molar-refractivity contribution in [2.45, 2.75) is 143 Å². The number of hydrogen-bond acceptors (Lipinski definition) is 11. The number of hydrogen-bond donors (Lipinski definition) is 6. The van der Waals surface area contributed by atoms with Gasteiger partial charge in [0.2, 0.25) is 29.5 Å². The minimum absolute atomic E-state index is 0.0276. The van der Waals surface area contributed by atoms with Crippen LogP contribution in [0.2, 0.25) is 0 Å². The van der Waals surface area contributed by atoms with Gasteiger partial charge in [0.25, 0.3) is 11.8 Å². The van der Waals surface area contributed by atoms with Gasteiger partial charge in [-0.1, -0.05) is 84.9 Å². The number of carbonyl (C=O) groups excluding carboxylic acids is 8. The van der Waals surface area contributed by atoms with Crippen LogP contribution in [-0.2, 0) is 53.3 Å². The van der Waals surface area contributed by atoms with Gasteiger partial charge >= 0.3 is 18.0 Å².